The van der Waals surface area contributed by atoms with Gasteiger partial charge in [0.05, 0.1) is 6.42 Å². The Morgan fingerprint density at radius 2 is 1.51 bits per heavy atom. The lowest BCUT2D eigenvalue weighted by molar-refractivity contribution is -0.142. The zero-order chi connectivity index (χ0) is 25.2. The number of alkyl carbamates (subject to hydrolysis) is 1. The average molecular weight is 481 g/mol. The molecule has 0 aromatic heterocycles. The first-order chi connectivity index (χ1) is 16.9. The van der Waals surface area contributed by atoms with Gasteiger partial charge >= 0.3 is 12.1 Å². The van der Waals surface area contributed by atoms with Gasteiger partial charge in [-0.15, -0.1) is 0 Å². The van der Waals surface area contributed by atoms with Crippen LogP contribution < -0.4 is 5.32 Å². The molecule has 0 bridgehead atoms. The fourth-order valence-corrected chi connectivity index (χ4v) is 4.66. The molecule has 7 heteroatoms. The van der Waals surface area contributed by atoms with Gasteiger partial charge < -0.3 is 20.1 Å². The Morgan fingerprint density at radius 1 is 0.943 bits per heavy atom. The summed E-state index contributed by atoms with van der Waals surface area (Å²) in [5.74, 6) is -1.69. The van der Waals surface area contributed by atoms with Crippen LogP contribution in [-0.2, 0) is 14.3 Å². The summed E-state index contributed by atoms with van der Waals surface area (Å²) in [4.78, 5) is 38.3. The first-order valence-electron chi connectivity index (χ1n) is 12.5. The van der Waals surface area contributed by atoms with Gasteiger partial charge in [0.1, 0.15) is 12.6 Å². The van der Waals surface area contributed by atoms with Gasteiger partial charge in [-0.1, -0.05) is 87.6 Å². The molecule has 0 heterocycles. The number of carboxylic acid groups (broad SMARTS) is 1. The molecule has 7 nitrogen and oxygen atoms in total. The van der Waals surface area contributed by atoms with E-state index in [1.54, 1.807) is 7.05 Å². The smallest absolute Gasteiger partial charge is 0.407 e. The van der Waals surface area contributed by atoms with E-state index in [-0.39, 0.29) is 12.5 Å². The number of nitrogens with one attached hydrogen (secondary N) is 1. The predicted molar refractivity (Wildman–Crippen MR) is 135 cm³/mol. The normalized spacial score (nSPS) is 13.0. The van der Waals surface area contributed by atoms with Gasteiger partial charge in [-0.05, 0) is 28.7 Å². The van der Waals surface area contributed by atoms with E-state index < -0.39 is 30.4 Å². The Bertz CT molecular complexity index is 976. The standard InChI is InChI=1S/C28H36N2O5/c1-3-4-5-6-7-12-17-30(2)27(33)25(18-26(31)32)29-28(34)35-19-24-22-15-10-8-13-20(22)21-14-9-11-16-23(21)24/h8-11,13-16,24-25H,3-7,12,17-19H2,1-2H3,(H,29,34)(H,31,32). The van der Waals surface area contributed by atoms with Crippen molar-refractivity contribution in [2.75, 3.05) is 20.2 Å². The summed E-state index contributed by atoms with van der Waals surface area (Å²) >= 11 is 0. The number of aliphatic carboxylic acids is 1. The highest BCUT2D eigenvalue weighted by Crippen LogP contribution is 2.44. The van der Waals surface area contributed by atoms with Crippen molar-refractivity contribution in [3.63, 3.8) is 0 Å². The number of benzene rings is 2. The Hall–Kier alpha value is -3.35. The zero-order valence-corrected chi connectivity index (χ0v) is 20.7. The number of nitrogens with zero attached hydrogens (tertiary/aromatic N) is 1. The Balaban J connectivity index is 1.56. The number of amides is 2. The van der Waals surface area contributed by atoms with Gasteiger partial charge in [-0.2, -0.15) is 0 Å². The van der Waals surface area contributed by atoms with Crippen LogP contribution in [0.4, 0.5) is 4.79 Å². The molecule has 1 unspecified atom stereocenters. The van der Waals surface area contributed by atoms with Crippen molar-refractivity contribution in [2.24, 2.45) is 0 Å². The molecule has 1 atom stereocenters. The van der Waals surface area contributed by atoms with E-state index in [1.807, 2.05) is 36.4 Å². The minimum atomic E-state index is -1.17. The molecule has 1 aliphatic carbocycles. The second-order valence-corrected chi connectivity index (χ2v) is 9.15. The second-order valence-electron chi connectivity index (χ2n) is 9.15. The molecule has 3 rings (SSSR count). The van der Waals surface area contributed by atoms with Crippen molar-refractivity contribution < 1.29 is 24.2 Å². The molecule has 1 aliphatic rings. The molecule has 2 N–H and O–H groups in total. The first-order valence-corrected chi connectivity index (χ1v) is 12.5. The lowest BCUT2D eigenvalue weighted by atomic mass is 9.98. The van der Waals surface area contributed by atoms with Crippen LogP contribution in [0.3, 0.4) is 0 Å². The molecule has 0 aliphatic heterocycles. The molecule has 35 heavy (non-hydrogen) atoms. The number of carboxylic acids is 1. The highest BCUT2D eigenvalue weighted by Gasteiger charge is 2.31. The summed E-state index contributed by atoms with van der Waals surface area (Å²) in [7, 11) is 1.64. The van der Waals surface area contributed by atoms with Crippen molar-refractivity contribution in [1.29, 1.82) is 0 Å². The monoisotopic (exact) mass is 480 g/mol. The molecular formula is C28H36N2O5. The number of hydrogen-bond acceptors (Lipinski definition) is 4. The topological polar surface area (TPSA) is 95.9 Å². The van der Waals surface area contributed by atoms with E-state index in [1.165, 1.54) is 24.2 Å². The maximum atomic E-state index is 12.9. The van der Waals surface area contributed by atoms with Crippen molar-refractivity contribution in [1.82, 2.24) is 10.2 Å². The summed E-state index contributed by atoms with van der Waals surface area (Å²) in [6.45, 7) is 2.79. The van der Waals surface area contributed by atoms with Gasteiger partial charge in [-0.3, -0.25) is 9.59 Å². The number of hydrogen-bond donors (Lipinski definition) is 2. The molecule has 2 amide bonds. The highest BCUT2D eigenvalue weighted by atomic mass is 16.5. The Labute approximate surface area is 207 Å². The number of fused-ring (bicyclic) bond motifs is 3. The number of ether oxygens (including phenoxy) is 1. The number of rotatable bonds is 13. The van der Waals surface area contributed by atoms with Gasteiger partial charge in [0, 0.05) is 19.5 Å². The van der Waals surface area contributed by atoms with Crippen LogP contribution in [0.5, 0.6) is 0 Å². The van der Waals surface area contributed by atoms with Gasteiger partial charge in [0.15, 0.2) is 0 Å². The molecule has 0 saturated heterocycles. The maximum Gasteiger partial charge on any atom is 0.407 e. The second kappa shape index (κ2) is 12.9. The number of unbranched alkanes of at least 4 members (excludes halogenated alkanes) is 5. The number of carbonyl (C=O) groups excluding carboxylic acids is 2. The van der Waals surface area contributed by atoms with E-state index in [4.69, 9.17) is 4.74 Å². The van der Waals surface area contributed by atoms with E-state index in [0.29, 0.717) is 6.54 Å². The molecule has 0 fully saturated rings. The fourth-order valence-electron chi connectivity index (χ4n) is 4.66. The minimum absolute atomic E-state index is 0.0987. The first kappa shape index (κ1) is 26.3. The zero-order valence-electron chi connectivity index (χ0n) is 20.7. The lowest BCUT2D eigenvalue weighted by Gasteiger charge is -2.24. The Morgan fingerprint density at radius 3 is 2.11 bits per heavy atom. The average Bonchev–Trinajstić information content (AvgIpc) is 3.17. The largest absolute Gasteiger partial charge is 0.481 e. The summed E-state index contributed by atoms with van der Waals surface area (Å²) in [5.41, 5.74) is 4.40. The van der Waals surface area contributed by atoms with Crippen LogP contribution >= 0.6 is 0 Å². The fraction of sp³-hybridized carbons (Fsp3) is 0.464. The van der Waals surface area contributed by atoms with Crippen molar-refractivity contribution in [3.8, 4) is 11.1 Å². The van der Waals surface area contributed by atoms with Crippen LogP contribution in [0.15, 0.2) is 48.5 Å². The molecule has 0 radical (unpaired) electrons. The van der Waals surface area contributed by atoms with Gasteiger partial charge in [0.25, 0.3) is 0 Å². The molecular weight excluding hydrogens is 444 g/mol. The van der Waals surface area contributed by atoms with E-state index in [2.05, 4.69) is 24.4 Å². The third kappa shape index (κ3) is 7.07. The van der Waals surface area contributed by atoms with E-state index >= 15 is 0 Å². The SMILES string of the molecule is CCCCCCCCN(C)C(=O)C(CC(=O)O)NC(=O)OCC1c2ccccc2-c2ccccc21. The quantitative estimate of drug-likeness (QED) is 0.385. The third-order valence-corrected chi connectivity index (χ3v) is 6.54. The highest BCUT2D eigenvalue weighted by molar-refractivity contribution is 5.89. The van der Waals surface area contributed by atoms with Crippen LogP contribution in [0.25, 0.3) is 11.1 Å². The molecule has 2 aromatic carbocycles. The predicted octanol–water partition coefficient (Wildman–Crippen LogP) is 5.19. The van der Waals surface area contributed by atoms with Crippen molar-refractivity contribution in [3.05, 3.63) is 59.7 Å². The van der Waals surface area contributed by atoms with Crippen LogP contribution in [0.1, 0.15) is 68.9 Å². The molecule has 0 spiro atoms. The maximum absolute atomic E-state index is 12.9. The summed E-state index contributed by atoms with van der Waals surface area (Å²) < 4.78 is 5.50. The summed E-state index contributed by atoms with van der Waals surface area (Å²) in [6, 6.07) is 14.9. The molecule has 0 saturated carbocycles. The van der Waals surface area contributed by atoms with Crippen molar-refractivity contribution >= 4 is 18.0 Å². The Kier molecular flexibility index (Phi) is 9.70. The minimum Gasteiger partial charge on any atom is -0.481 e. The van der Waals surface area contributed by atoms with E-state index in [0.717, 1.165) is 41.5 Å². The van der Waals surface area contributed by atoms with Crippen molar-refractivity contribution in [2.45, 2.75) is 63.8 Å². The van der Waals surface area contributed by atoms with Gasteiger partial charge in [-0.25, -0.2) is 4.79 Å². The lowest BCUT2D eigenvalue weighted by Crippen LogP contribution is -2.48. The van der Waals surface area contributed by atoms with Crippen LogP contribution in [0.2, 0.25) is 0 Å². The van der Waals surface area contributed by atoms with Gasteiger partial charge in [0.2, 0.25) is 5.91 Å². The molecule has 2 aromatic rings. The van der Waals surface area contributed by atoms with E-state index in [9.17, 15) is 19.5 Å². The number of carbonyl (C=O) groups is 3. The number of likely N-dealkylation sites (N-methyl/N-ethyl adjacent to an activating group) is 1. The summed E-state index contributed by atoms with van der Waals surface area (Å²) in [6.07, 6.45) is 5.25. The summed E-state index contributed by atoms with van der Waals surface area (Å²) in [5, 5.41) is 11.8. The van der Waals surface area contributed by atoms with Crippen LogP contribution in [0, 0.1) is 0 Å². The molecule has 188 valence electrons. The third-order valence-electron chi connectivity index (χ3n) is 6.54. The van der Waals surface area contributed by atoms with Crippen LogP contribution in [-0.4, -0.2) is 54.2 Å².